The van der Waals surface area contributed by atoms with Gasteiger partial charge in [0.1, 0.15) is 0 Å². The van der Waals surface area contributed by atoms with Crippen LogP contribution >= 0.6 is 0 Å². The van der Waals surface area contributed by atoms with Crippen molar-refractivity contribution in [2.75, 3.05) is 0 Å². The van der Waals surface area contributed by atoms with E-state index in [2.05, 4.69) is 19.1 Å². The predicted octanol–water partition coefficient (Wildman–Crippen LogP) is 8.63. The molecule has 0 spiro atoms. The van der Waals surface area contributed by atoms with Crippen molar-refractivity contribution in [3.63, 3.8) is 0 Å². The van der Waals surface area contributed by atoms with E-state index in [1.54, 1.807) is 0 Å². The molecule has 0 nitrogen and oxygen atoms in total. The van der Waals surface area contributed by atoms with Crippen LogP contribution in [0, 0.1) is 11.8 Å². The van der Waals surface area contributed by atoms with Crippen LogP contribution < -0.4 is 0 Å². The first kappa shape index (κ1) is 16.3. The van der Waals surface area contributed by atoms with E-state index in [1.165, 1.54) is 63.4 Å². The number of unbranched alkanes of at least 4 members (excludes halogenated alkanes) is 2. The summed E-state index contributed by atoms with van der Waals surface area (Å²) in [5, 5.41) is 0. The van der Waals surface area contributed by atoms with Gasteiger partial charge in [-0.15, -0.1) is 0 Å². The average Bonchev–Trinajstić information content (AvgIpc) is 2.81. The van der Waals surface area contributed by atoms with Crippen LogP contribution in [0.5, 0.6) is 0 Å². The van der Waals surface area contributed by atoms with Gasteiger partial charge in [-0.1, -0.05) is 120 Å². The Kier molecular flexibility index (Phi) is 6.65. The third kappa shape index (κ3) is 6.50. The number of benzene rings is 2. The van der Waals surface area contributed by atoms with E-state index in [0.717, 1.165) is 30.2 Å². The van der Waals surface area contributed by atoms with Crippen LogP contribution in [0.15, 0.2) is 48.4 Å². The summed E-state index contributed by atoms with van der Waals surface area (Å²) >= 11 is 0. The molecule has 3 rings (SSSR count). The molecule has 1 fully saturated rings. The van der Waals surface area contributed by atoms with Crippen molar-refractivity contribution in [3.8, 4) is 11.1 Å². The number of hydrogen-bond donors (Lipinski definition) is 0. The Balaban J connectivity index is 1.60. The van der Waals surface area contributed by atoms with E-state index in [9.17, 15) is 0 Å². The summed E-state index contributed by atoms with van der Waals surface area (Å²) in [5.41, 5.74) is 3.04. The predicted molar refractivity (Wildman–Crippen MR) is 124 cm³/mol. The molecule has 0 amide bonds. The molecule has 0 bridgehead atoms. The van der Waals surface area contributed by atoms with Crippen LogP contribution in [0.25, 0.3) is 11.1 Å². The Bertz CT molecular complexity index is 835. The van der Waals surface area contributed by atoms with Crippen molar-refractivity contribution in [2.45, 2.75) is 90.9 Å². The van der Waals surface area contributed by atoms with Crippen LogP contribution in [0.2, 0.25) is 0 Å². The molecular formula is C28H40. The Morgan fingerprint density at radius 2 is 1.32 bits per heavy atom. The van der Waals surface area contributed by atoms with Gasteiger partial charge in [0.2, 0.25) is 0 Å². The second kappa shape index (κ2) is 11.4. The quantitative estimate of drug-likeness (QED) is 0.362. The first-order chi connectivity index (χ1) is 15.5. The van der Waals surface area contributed by atoms with Crippen molar-refractivity contribution in [1.29, 1.82) is 0 Å². The third-order valence-corrected chi connectivity index (χ3v) is 6.44. The van der Waals surface area contributed by atoms with Crippen LogP contribution in [0.4, 0.5) is 0 Å². The highest BCUT2D eigenvalue weighted by molar-refractivity contribution is 5.63. The van der Waals surface area contributed by atoms with Crippen molar-refractivity contribution >= 4 is 0 Å². The van der Waals surface area contributed by atoms with Gasteiger partial charge in [-0.25, -0.2) is 0 Å². The van der Waals surface area contributed by atoms with Crippen molar-refractivity contribution in [3.05, 3.63) is 59.6 Å². The normalized spacial score (nSPS) is 21.6. The largest absolute Gasteiger partial charge is 0.0654 e. The fourth-order valence-electron chi connectivity index (χ4n) is 4.56. The fraction of sp³-hybridized carbons (Fsp3) is 0.571. The maximum atomic E-state index is 8.44. The number of hydrogen-bond acceptors (Lipinski definition) is 0. The molecule has 28 heavy (non-hydrogen) atoms. The van der Waals surface area contributed by atoms with Gasteiger partial charge in [0, 0.05) is 0 Å². The number of rotatable bonds is 10. The number of aryl methyl sites for hydroxylation is 1. The molecule has 1 aliphatic rings. The molecule has 0 radical (unpaired) electrons. The first-order valence-electron chi connectivity index (χ1n) is 13.6. The van der Waals surface area contributed by atoms with Crippen molar-refractivity contribution in [1.82, 2.24) is 0 Å². The highest BCUT2D eigenvalue weighted by Crippen LogP contribution is 2.34. The summed E-state index contributed by atoms with van der Waals surface area (Å²) in [6.07, 6.45) is 14.8. The van der Waals surface area contributed by atoms with Crippen molar-refractivity contribution in [2.24, 2.45) is 11.8 Å². The molecule has 1 aliphatic carbocycles. The molecule has 2 aromatic rings. The van der Waals surface area contributed by atoms with Gasteiger partial charge in [-0.3, -0.25) is 0 Å². The zero-order valence-corrected chi connectivity index (χ0v) is 17.9. The minimum Gasteiger partial charge on any atom is -0.0654 e. The summed E-state index contributed by atoms with van der Waals surface area (Å²) in [6.45, 7) is 4.28. The molecule has 0 N–H and O–H groups in total. The molecule has 0 atom stereocenters. The summed E-state index contributed by atoms with van der Waals surface area (Å²) in [5.74, 6) is 1.81. The minimum absolute atomic E-state index is 0.0814. The zero-order chi connectivity index (χ0) is 23.1. The summed E-state index contributed by atoms with van der Waals surface area (Å²) in [7, 11) is 0. The molecule has 0 heterocycles. The molecule has 0 aromatic heterocycles. The van der Waals surface area contributed by atoms with Gasteiger partial charge in [0.15, 0.2) is 0 Å². The minimum atomic E-state index is 0.0814. The van der Waals surface area contributed by atoms with E-state index < -0.39 is 0 Å². The van der Waals surface area contributed by atoms with Gasteiger partial charge in [0.25, 0.3) is 0 Å². The lowest BCUT2D eigenvalue weighted by Crippen LogP contribution is -2.15. The lowest BCUT2D eigenvalue weighted by Gasteiger charge is -2.28. The van der Waals surface area contributed by atoms with Crippen molar-refractivity contribution < 1.29 is 5.48 Å². The highest BCUT2D eigenvalue weighted by atomic mass is 14.3. The van der Waals surface area contributed by atoms with Crippen LogP contribution in [-0.2, 0) is 12.8 Å². The lowest BCUT2D eigenvalue weighted by atomic mass is 9.78. The van der Waals surface area contributed by atoms with Gasteiger partial charge in [0.05, 0.1) is 5.48 Å². The summed E-state index contributed by atoms with van der Waals surface area (Å²) in [4.78, 5) is 0. The molecule has 0 heteroatoms. The lowest BCUT2D eigenvalue weighted by molar-refractivity contribution is 0.249. The summed E-state index contributed by atoms with van der Waals surface area (Å²) < 4.78 is 33.5. The molecule has 152 valence electrons. The average molecular weight is 381 g/mol. The molecule has 0 saturated heterocycles. The Morgan fingerprint density at radius 1 is 0.679 bits per heavy atom. The van der Waals surface area contributed by atoms with Crippen LogP contribution in [-0.4, -0.2) is 0 Å². The maximum absolute atomic E-state index is 8.44. The van der Waals surface area contributed by atoms with E-state index in [4.69, 9.17) is 5.48 Å². The smallest absolute Gasteiger partial charge is 0.0629 e. The van der Waals surface area contributed by atoms with Crippen LogP contribution in [0.3, 0.4) is 0 Å². The monoisotopic (exact) mass is 380 g/mol. The van der Waals surface area contributed by atoms with Gasteiger partial charge in [-0.2, -0.15) is 0 Å². The third-order valence-electron chi connectivity index (χ3n) is 6.44. The fourth-order valence-corrected chi connectivity index (χ4v) is 4.56. The standard InChI is InChI=1S/C28H40/c1-3-5-6-8-24-9-11-25(12-10-24)13-14-26-17-21-28(22-18-26)27-19-15-23(7-4-2)16-20-27/h15-22,24-25H,3-14H2,1-2H3/i15D,16D,19D,20D. The van der Waals surface area contributed by atoms with E-state index in [1.807, 2.05) is 19.1 Å². The molecule has 2 aromatic carbocycles. The molecule has 0 unspecified atom stereocenters. The molecular weight excluding hydrogens is 336 g/mol. The molecule has 1 saturated carbocycles. The Labute approximate surface area is 179 Å². The van der Waals surface area contributed by atoms with Gasteiger partial charge < -0.3 is 0 Å². The highest BCUT2D eigenvalue weighted by Gasteiger charge is 2.20. The van der Waals surface area contributed by atoms with E-state index in [-0.39, 0.29) is 24.2 Å². The Hall–Kier alpha value is -1.56. The second-order valence-electron chi connectivity index (χ2n) is 8.72. The topological polar surface area (TPSA) is 0 Å². The van der Waals surface area contributed by atoms with Crippen LogP contribution in [0.1, 0.15) is 94.7 Å². The zero-order valence-electron chi connectivity index (χ0n) is 21.9. The Morgan fingerprint density at radius 3 is 1.93 bits per heavy atom. The van der Waals surface area contributed by atoms with E-state index in [0.29, 0.717) is 17.5 Å². The maximum Gasteiger partial charge on any atom is 0.0629 e. The van der Waals surface area contributed by atoms with E-state index >= 15 is 0 Å². The first-order valence-corrected chi connectivity index (χ1v) is 11.6. The van der Waals surface area contributed by atoms with Gasteiger partial charge in [-0.05, 0) is 53.4 Å². The second-order valence-corrected chi connectivity index (χ2v) is 8.72. The SMILES string of the molecule is [2H]c1c([2H])c(-c2ccc(CCC3CCC(CCCCC)CC3)cc2)c([2H])c([2H])c1CCC. The summed E-state index contributed by atoms with van der Waals surface area (Å²) in [6, 6.07) is 8.55. The van der Waals surface area contributed by atoms with Gasteiger partial charge >= 0.3 is 0 Å². The molecule has 0 aliphatic heterocycles.